The molecule has 1 aliphatic rings. The maximum absolute atomic E-state index is 11.8. The molecule has 2 N–H and O–H groups in total. The quantitative estimate of drug-likeness (QED) is 0.353. The highest BCUT2D eigenvalue weighted by Crippen LogP contribution is 2.44. The van der Waals surface area contributed by atoms with E-state index in [4.69, 9.17) is 0 Å². The van der Waals surface area contributed by atoms with Gasteiger partial charge in [-0.1, -0.05) is 72.8 Å². The zero-order valence-corrected chi connectivity index (χ0v) is 18.6. The van der Waals surface area contributed by atoms with Crippen LogP contribution in [0.2, 0.25) is 0 Å². The first-order valence-electron chi connectivity index (χ1n) is 11.4. The molecule has 5 nitrogen and oxygen atoms in total. The minimum atomic E-state index is -1.03. The number of hydrogen-bond donors (Lipinski definition) is 2. The molecule has 0 amide bonds. The third-order valence-corrected chi connectivity index (χ3v) is 6.66. The summed E-state index contributed by atoms with van der Waals surface area (Å²) in [7, 11) is 0. The summed E-state index contributed by atoms with van der Waals surface area (Å²) in [4.78, 5) is 23.5. The van der Waals surface area contributed by atoms with Crippen molar-refractivity contribution in [3.8, 4) is 11.3 Å². The summed E-state index contributed by atoms with van der Waals surface area (Å²) in [6.45, 7) is -0.246. The lowest BCUT2D eigenvalue weighted by atomic mass is 9.81. The van der Waals surface area contributed by atoms with E-state index < -0.39 is 11.9 Å². The molecular weight excluding hydrogens is 426 g/mol. The van der Waals surface area contributed by atoms with Gasteiger partial charge in [-0.2, -0.15) is 0 Å². The van der Waals surface area contributed by atoms with Crippen molar-refractivity contribution in [1.82, 2.24) is 4.57 Å². The van der Waals surface area contributed by atoms with Crippen LogP contribution >= 0.6 is 0 Å². The molecule has 0 saturated heterocycles. The van der Waals surface area contributed by atoms with Crippen LogP contribution in [0.4, 0.5) is 0 Å². The Kier molecular flexibility index (Phi) is 5.76. The Hall–Kier alpha value is -4.12. The molecule has 0 aliphatic heterocycles. The van der Waals surface area contributed by atoms with Crippen LogP contribution in [0.1, 0.15) is 46.7 Å². The van der Waals surface area contributed by atoms with Gasteiger partial charge < -0.3 is 14.8 Å². The summed E-state index contributed by atoms with van der Waals surface area (Å²) in [6.07, 6.45) is 5.06. The van der Waals surface area contributed by atoms with Crippen molar-refractivity contribution in [3.05, 3.63) is 102 Å². The van der Waals surface area contributed by atoms with Crippen LogP contribution in [0.3, 0.4) is 0 Å². The van der Waals surface area contributed by atoms with Gasteiger partial charge in [-0.25, -0.2) is 4.79 Å². The number of hydrogen-bond acceptors (Lipinski definition) is 2. The molecular formula is C29H25NO4. The van der Waals surface area contributed by atoms with E-state index in [1.165, 1.54) is 11.1 Å². The lowest BCUT2D eigenvalue weighted by molar-refractivity contribution is -0.137. The van der Waals surface area contributed by atoms with Crippen LogP contribution in [0, 0.1) is 0 Å². The van der Waals surface area contributed by atoms with Gasteiger partial charge >= 0.3 is 11.9 Å². The van der Waals surface area contributed by atoms with Crippen LogP contribution in [-0.4, -0.2) is 26.7 Å². The highest BCUT2D eigenvalue weighted by molar-refractivity contribution is 6.04. The summed E-state index contributed by atoms with van der Waals surface area (Å²) in [5, 5.41) is 20.1. The molecule has 1 heterocycles. The maximum Gasteiger partial charge on any atom is 0.335 e. The molecule has 4 aromatic rings. The largest absolute Gasteiger partial charge is 0.480 e. The Morgan fingerprint density at radius 1 is 0.912 bits per heavy atom. The summed E-state index contributed by atoms with van der Waals surface area (Å²) in [5.41, 5.74) is 6.03. The first kappa shape index (κ1) is 21.7. The number of aromatic nitrogens is 1. The molecule has 1 aromatic heterocycles. The maximum atomic E-state index is 11.8. The fourth-order valence-corrected chi connectivity index (χ4v) is 5.09. The SMILES string of the molecule is O=C(O)Cn1c(-c2ccccc2)c(C2=CCC(c3ccccc3)CC2)c2ccc(C(=O)O)cc21. The Morgan fingerprint density at radius 2 is 1.62 bits per heavy atom. The van der Waals surface area contributed by atoms with Crippen molar-refractivity contribution in [1.29, 1.82) is 0 Å². The molecule has 0 bridgehead atoms. The summed E-state index contributed by atoms with van der Waals surface area (Å²) >= 11 is 0. The van der Waals surface area contributed by atoms with E-state index in [-0.39, 0.29) is 12.1 Å². The van der Waals surface area contributed by atoms with Crippen molar-refractivity contribution in [3.63, 3.8) is 0 Å². The number of carboxylic acids is 2. The summed E-state index contributed by atoms with van der Waals surface area (Å²) < 4.78 is 1.75. The van der Waals surface area contributed by atoms with Gasteiger partial charge in [0.1, 0.15) is 6.54 Å². The zero-order chi connectivity index (χ0) is 23.7. The van der Waals surface area contributed by atoms with Crippen molar-refractivity contribution in [2.24, 2.45) is 0 Å². The number of aromatic carboxylic acids is 1. The monoisotopic (exact) mass is 451 g/mol. The Morgan fingerprint density at radius 3 is 2.24 bits per heavy atom. The number of benzene rings is 3. The average Bonchev–Trinajstić information content (AvgIpc) is 3.18. The highest BCUT2D eigenvalue weighted by atomic mass is 16.4. The predicted molar refractivity (Wildman–Crippen MR) is 133 cm³/mol. The molecule has 0 spiro atoms. The number of aliphatic carboxylic acids is 1. The molecule has 3 aromatic carbocycles. The summed E-state index contributed by atoms with van der Waals surface area (Å²) in [5.74, 6) is -1.55. The third kappa shape index (κ3) is 4.01. The number of fused-ring (bicyclic) bond motifs is 1. The van der Waals surface area contributed by atoms with Gasteiger partial charge in [-0.15, -0.1) is 0 Å². The van der Waals surface area contributed by atoms with Gasteiger partial charge in [0, 0.05) is 10.9 Å². The van der Waals surface area contributed by atoms with Crippen LogP contribution in [0.25, 0.3) is 27.7 Å². The van der Waals surface area contributed by atoms with E-state index in [1.54, 1.807) is 16.7 Å². The molecule has 34 heavy (non-hydrogen) atoms. The Bertz CT molecular complexity index is 1400. The lowest BCUT2D eigenvalue weighted by Gasteiger charge is -2.23. The fraction of sp³-hybridized carbons (Fsp3) is 0.172. The molecule has 170 valence electrons. The van der Waals surface area contributed by atoms with Crippen molar-refractivity contribution >= 4 is 28.4 Å². The molecule has 0 saturated carbocycles. The lowest BCUT2D eigenvalue weighted by Crippen LogP contribution is -2.11. The normalized spacial score (nSPS) is 15.8. The molecule has 5 heteroatoms. The number of carboxylic acid groups (broad SMARTS) is 2. The van der Waals surface area contributed by atoms with Crippen LogP contribution in [0.5, 0.6) is 0 Å². The van der Waals surface area contributed by atoms with Gasteiger partial charge in [0.25, 0.3) is 0 Å². The van der Waals surface area contributed by atoms with Gasteiger partial charge in [0.15, 0.2) is 0 Å². The van der Waals surface area contributed by atoms with Crippen molar-refractivity contribution in [2.45, 2.75) is 31.7 Å². The average molecular weight is 452 g/mol. The standard InChI is InChI=1S/C29H25NO4/c31-26(32)18-30-25-17-23(29(33)34)15-16-24(25)27(28(30)22-9-5-2-6-10-22)21-13-11-20(12-14-21)19-7-3-1-4-8-19/h1-10,13,15-17,20H,11-12,14,18H2,(H,31,32)(H,33,34). The number of rotatable bonds is 6. The van der Waals surface area contributed by atoms with E-state index in [9.17, 15) is 19.8 Å². The first-order valence-corrected chi connectivity index (χ1v) is 11.4. The number of allylic oxidation sites excluding steroid dienone is 2. The number of nitrogens with zero attached hydrogens (tertiary/aromatic N) is 1. The van der Waals surface area contributed by atoms with Crippen LogP contribution in [-0.2, 0) is 11.3 Å². The van der Waals surface area contributed by atoms with Crippen molar-refractivity contribution < 1.29 is 19.8 Å². The second-order valence-electron chi connectivity index (χ2n) is 8.72. The molecule has 1 atom stereocenters. The van der Waals surface area contributed by atoms with Gasteiger partial charge in [0.05, 0.1) is 16.8 Å². The topological polar surface area (TPSA) is 79.5 Å². The molecule has 0 fully saturated rings. The van der Waals surface area contributed by atoms with Gasteiger partial charge in [-0.05, 0) is 54.0 Å². The minimum absolute atomic E-state index is 0.143. The zero-order valence-electron chi connectivity index (χ0n) is 18.6. The van der Waals surface area contributed by atoms with Crippen LogP contribution in [0.15, 0.2) is 84.9 Å². The third-order valence-electron chi connectivity index (χ3n) is 6.66. The first-order chi connectivity index (χ1) is 16.5. The second kappa shape index (κ2) is 9.02. The van der Waals surface area contributed by atoms with E-state index in [0.717, 1.165) is 41.5 Å². The Balaban J connectivity index is 1.71. The number of carbonyl (C=O) groups is 2. The van der Waals surface area contributed by atoms with Crippen molar-refractivity contribution in [2.75, 3.05) is 0 Å². The molecule has 5 rings (SSSR count). The fourth-order valence-electron chi connectivity index (χ4n) is 5.09. The van der Waals surface area contributed by atoms with E-state index >= 15 is 0 Å². The minimum Gasteiger partial charge on any atom is -0.480 e. The summed E-state index contributed by atoms with van der Waals surface area (Å²) in [6, 6.07) is 25.3. The smallest absolute Gasteiger partial charge is 0.335 e. The van der Waals surface area contributed by atoms with E-state index in [2.05, 4.69) is 30.3 Å². The van der Waals surface area contributed by atoms with Crippen LogP contribution < -0.4 is 0 Å². The predicted octanol–water partition coefficient (Wildman–Crippen LogP) is 6.44. The van der Waals surface area contributed by atoms with E-state index in [1.807, 2.05) is 42.5 Å². The molecule has 1 unspecified atom stereocenters. The second-order valence-corrected chi connectivity index (χ2v) is 8.72. The molecule has 0 radical (unpaired) electrons. The highest BCUT2D eigenvalue weighted by Gasteiger charge is 2.26. The Labute approximate surface area is 197 Å². The van der Waals surface area contributed by atoms with Gasteiger partial charge in [0.2, 0.25) is 0 Å². The van der Waals surface area contributed by atoms with E-state index in [0.29, 0.717) is 11.4 Å². The van der Waals surface area contributed by atoms with Gasteiger partial charge in [-0.3, -0.25) is 4.79 Å². The molecule has 1 aliphatic carbocycles.